The number of hydrogen-bond donors (Lipinski definition) is 2. The lowest BCUT2D eigenvalue weighted by molar-refractivity contribution is 0.102. The minimum atomic E-state index is -0.310. The van der Waals surface area contributed by atoms with E-state index in [0.29, 0.717) is 28.5 Å². The number of hydrogen-bond acceptors (Lipinski definition) is 3. The van der Waals surface area contributed by atoms with Gasteiger partial charge in [-0.05, 0) is 31.2 Å². The number of carbonyl (C=O) groups is 1. The smallest absolute Gasteiger partial charge is 0.255 e. The molecule has 0 saturated carbocycles. The molecule has 1 aromatic heterocycles. The van der Waals surface area contributed by atoms with Gasteiger partial charge in [-0.2, -0.15) is 0 Å². The van der Waals surface area contributed by atoms with Crippen molar-refractivity contribution in [2.75, 3.05) is 11.1 Å². The lowest BCUT2D eigenvalue weighted by Gasteiger charge is -2.08. The lowest BCUT2D eigenvalue weighted by atomic mass is 10.2. The Morgan fingerprint density at radius 1 is 1.35 bits per heavy atom. The first kappa shape index (κ1) is 14.1. The summed E-state index contributed by atoms with van der Waals surface area (Å²) in [6.45, 7) is 2.39. The zero-order valence-electron chi connectivity index (χ0n) is 10.9. The van der Waals surface area contributed by atoms with Crippen LogP contribution in [-0.2, 0) is 6.54 Å². The molecule has 0 aliphatic carbocycles. The highest BCUT2D eigenvalue weighted by Gasteiger charge is 2.08. The number of benzene rings is 1. The third kappa shape index (κ3) is 3.00. The van der Waals surface area contributed by atoms with Crippen LogP contribution in [0.15, 0.2) is 41.3 Å². The van der Waals surface area contributed by atoms with Crippen molar-refractivity contribution >= 4 is 28.9 Å². The van der Waals surface area contributed by atoms with Gasteiger partial charge in [-0.15, -0.1) is 0 Å². The molecule has 0 spiro atoms. The highest BCUT2D eigenvalue weighted by molar-refractivity contribution is 6.33. The molecular weight excluding hydrogens is 278 g/mol. The maximum absolute atomic E-state index is 12.1. The fourth-order valence-electron chi connectivity index (χ4n) is 1.74. The highest BCUT2D eigenvalue weighted by atomic mass is 35.5. The Bertz CT molecular complexity index is 710. The Balaban J connectivity index is 2.23. The Hall–Kier alpha value is -2.27. The monoisotopic (exact) mass is 291 g/mol. The van der Waals surface area contributed by atoms with Crippen LogP contribution in [0.3, 0.4) is 0 Å². The molecule has 3 N–H and O–H groups in total. The Labute approximate surface area is 121 Å². The van der Waals surface area contributed by atoms with Crippen molar-refractivity contribution in [3.05, 3.63) is 57.5 Å². The first-order valence-corrected chi connectivity index (χ1v) is 6.46. The number of nitrogens with two attached hydrogens (primary N) is 1. The van der Waals surface area contributed by atoms with Crippen LogP contribution in [0.4, 0.5) is 11.4 Å². The second-order valence-electron chi connectivity index (χ2n) is 4.23. The van der Waals surface area contributed by atoms with Crippen LogP contribution in [-0.4, -0.2) is 10.5 Å². The van der Waals surface area contributed by atoms with Crippen LogP contribution in [0.1, 0.15) is 17.3 Å². The number of nitrogens with one attached hydrogen (secondary N) is 1. The number of pyridine rings is 1. The molecule has 1 heterocycles. The third-order valence-electron chi connectivity index (χ3n) is 2.84. The van der Waals surface area contributed by atoms with Crippen LogP contribution in [0.5, 0.6) is 0 Å². The quantitative estimate of drug-likeness (QED) is 0.852. The van der Waals surface area contributed by atoms with Gasteiger partial charge in [-0.1, -0.05) is 11.6 Å². The van der Waals surface area contributed by atoms with E-state index < -0.39 is 0 Å². The normalized spacial score (nSPS) is 10.3. The molecule has 0 radical (unpaired) electrons. The third-order valence-corrected chi connectivity index (χ3v) is 3.18. The van der Waals surface area contributed by atoms with Crippen LogP contribution >= 0.6 is 11.6 Å². The maximum atomic E-state index is 12.1. The van der Waals surface area contributed by atoms with Gasteiger partial charge in [-0.3, -0.25) is 9.59 Å². The molecule has 6 heteroatoms. The van der Waals surface area contributed by atoms with E-state index in [2.05, 4.69) is 5.32 Å². The van der Waals surface area contributed by atoms with Gasteiger partial charge in [0.1, 0.15) is 0 Å². The van der Waals surface area contributed by atoms with Gasteiger partial charge in [0.2, 0.25) is 0 Å². The Morgan fingerprint density at radius 3 is 2.75 bits per heavy atom. The molecule has 1 aromatic carbocycles. The molecule has 0 aliphatic heterocycles. The number of aryl methyl sites for hydroxylation is 1. The van der Waals surface area contributed by atoms with Crippen LogP contribution < -0.4 is 16.6 Å². The summed E-state index contributed by atoms with van der Waals surface area (Å²) in [7, 11) is 0. The number of rotatable bonds is 3. The molecule has 5 nitrogen and oxygen atoms in total. The van der Waals surface area contributed by atoms with E-state index in [1.54, 1.807) is 24.4 Å². The summed E-state index contributed by atoms with van der Waals surface area (Å²) in [4.78, 5) is 23.5. The van der Waals surface area contributed by atoms with E-state index in [-0.39, 0.29) is 11.5 Å². The molecule has 0 fully saturated rings. The molecular formula is C14H14ClN3O2. The predicted molar refractivity (Wildman–Crippen MR) is 80.2 cm³/mol. The number of anilines is 2. The van der Waals surface area contributed by atoms with Crippen molar-refractivity contribution in [1.29, 1.82) is 0 Å². The van der Waals surface area contributed by atoms with E-state index in [9.17, 15) is 9.59 Å². The summed E-state index contributed by atoms with van der Waals surface area (Å²) < 4.78 is 1.51. The van der Waals surface area contributed by atoms with E-state index in [0.717, 1.165) is 0 Å². The van der Waals surface area contributed by atoms with Gasteiger partial charge in [0.05, 0.1) is 16.4 Å². The summed E-state index contributed by atoms with van der Waals surface area (Å²) in [6, 6.07) is 7.64. The maximum Gasteiger partial charge on any atom is 0.255 e. The van der Waals surface area contributed by atoms with E-state index >= 15 is 0 Å². The average molecular weight is 292 g/mol. The molecule has 0 saturated heterocycles. The fraction of sp³-hybridized carbons (Fsp3) is 0.143. The molecule has 0 bridgehead atoms. The van der Waals surface area contributed by atoms with Crippen LogP contribution in [0.25, 0.3) is 0 Å². The zero-order valence-corrected chi connectivity index (χ0v) is 11.6. The number of nitrogen functional groups attached to an aromatic ring is 1. The van der Waals surface area contributed by atoms with Crippen LogP contribution in [0, 0.1) is 0 Å². The van der Waals surface area contributed by atoms with Crippen molar-refractivity contribution in [3.63, 3.8) is 0 Å². The van der Waals surface area contributed by atoms with E-state index in [1.165, 1.54) is 16.7 Å². The molecule has 0 unspecified atom stereocenters. The molecule has 0 atom stereocenters. The number of aromatic nitrogens is 1. The topological polar surface area (TPSA) is 77.1 Å². The van der Waals surface area contributed by atoms with Gasteiger partial charge >= 0.3 is 0 Å². The number of amides is 1. The van der Waals surface area contributed by atoms with Gasteiger partial charge in [-0.25, -0.2) is 0 Å². The minimum absolute atomic E-state index is 0.110. The summed E-state index contributed by atoms with van der Waals surface area (Å²) in [5.41, 5.74) is 6.85. The minimum Gasteiger partial charge on any atom is -0.398 e. The van der Waals surface area contributed by atoms with Crippen molar-refractivity contribution in [2.45, 2.75) is 13.5 Å². The van der Waals surface area contributed by atoms with Crippen molar-refractivity contribution < 1.29 is 4.79 Å². The molecule has 104 valence electrons. The fourth-order valence-corrected chi connectivity index (χ4v) is 1.86. The SMILES string of the molecule is CCn1cc(NC(=O)c2ccc(Cl)c(N)c2)ccc1=O. The number of carbonyl (C=O) groups excluding carboxylic acids is 1. The largest absolute Gasteiger partial charge is 0.398 e. The van der Waals surface area contributed by atoms with E-state index in [1.807, 2.05) is 6.92 Å². The second kappa shape index (κ2) is 5.79. The standard InChI is InChI=1S/C14H14ClN3O2/c1-2-18-8-10(4-6-13(18)19)17-14(20)9-3-5-11(15)12(16)7-9/h3-8H,2,16H2,1H3,(H,17,20). The number of nitrogens with zero attached hydrogens (tertiary/aromatic N) is 1. The Kier molecular flexibility index (Phi) is 4.10. The summed E-state index contributed by atoms with van der Waals surface area (Å²) >= 11 is 5.81. The molecule has 0 aliphatic rings. The van der Waals surface area contributed by atoms with Gasteiger partial charge in [0, 0.05) is 24.4 Å². The van der Waals surface area contributed by atoms with Crippen molar-refractivity contribution in [1.82, 2.24) is 4.57 Å². The van der Waals surface area contributed by atoms with Crippen molar-refractivity contribution in [3.8, 4) is 0 Å². The summed E-state index contributed by atoms with van der Waals surface area (Å²) in [5.74, 6) is -0.310. The lowest BCUT2D eigenvalue weighted by Crippen LogP contribution is -2.19. The zero-order chi connectivity index (χ0) is 14.7. The summed E-state index contributed by atoms with van der Waals surface area (Å²) in [6.07, 6.45) is 1.60. The van der Waals surface area contributed by atoms with Gasteiger partial charge in [0.25, 0.3) is 11.5 Å². The molecule has 1 amide bonds. The number of halogens is 1. The molecule has 2 aromatic rings. The first-order chi connectivity index (χ1) is 9.51. The second-order valence-corrected chi connectivity index (χ2v) is 4.64. The highest BCUT2D eigenvalue weighted by Crippen LogP contribution is 2.20. The predicted octanol–water partition coefficient (Wildman–Crippen LogP) is 2.36. The van der Waals surface area contributed by atoms with Gasteiger partial charge in [0.15, 0.2) is 0 Å². The van der Waals surface area contributed by atoms with Gasteiger partial charge < -0.3 is 15.6 Å². The average Bonchev–Trinajstić information content (AvgIpc) is 2.43. The van der Waals surface area contributed by atoms with Crippen molar-refractivity contribution in [2.24, 2.45) is 0 Å². The van der Waals surface area contributed by atoms with Crippen LogP contribution in [0.2, 0.25) is 5.02 Å². The molecule has 2 rings (SSSR count). The summed E-state index contributed by atoms with van der Waals surface area (Å²) in [5, 5.41) is 3.11. The van der Waals surface area contributed by atoms with E-state index in [4.69, 9.17) is 17.3 Å². The first-order valence-electron chi connectivity index (χ1n) is 6.08. The Morgan fingerprint density at radius 2 is 2.10 bits per heavy atom. The molecule has 20 heavy (non-hydrogen) atoms.